The van der Waals surface area contributed by atoms with E-state index in [0.29, 0.717) is 11.0 Å². The van der Waals surface area contributed by atoms with Crippen molar-refractivity contribution in [2.75, 3.05) is 18.1 Å². The Morgan fingerprint density at radius 3 is 2.41 bits per heavy atom. The van der Waals surface area contributed by atoms with Gasteiger partial charge >= 0.3 is 18.3 Å². The predicted octanol–water partition coefficient (Wildman–Crippen LogP) is 5.59. The fourth-order valence-corrected chi connectivity index (χ4v) is 2.46. The highest BCUT2D eigenvalue weighted by atomic mass is 19.4. The van der Waals surface area contributed by atoms with Crippen molar-refractivity contribution in [3.05, 3.63) is 58.8 Å². The third-order valence-electron chi connectivity index (χ3n) is 3.63. The number of halogens is 6. The molecule has 0 saturated carbocycles. The lowest BCUT2D eigenvalue weighted by molar-refractivity contribution is -0.136. The number of hydrogen-bond acceptors (Lipinski definition) is 4. The van der Waals surface area contributed by atoms with Crippen LogP contribution in [0.3, 0.4) is 0 Å². The van der Waals surface area contributed by atoms with Crippen molar-refractivity contribution in [2.45, 2.75) is 25.8 Å². The lowest BCUT2D eigenvalue weighted by atomic mass is 10.1. The molecule has 0 fully saturated rings. The number of ether oxygens (including phenoxy) is 1. The van der Waals surface area contributed by atoms with E-state index in [4.69, 9.17) is 15.7 Å². The molecule has 0 aliphatic rings. The molecule has 29 heavy (non-hydrogen) atoms. The van der Waals surface area contributed by atoms with Crippen LogP contribution in [-0.4, -0.2) is 25.3 Å². The standard InChI is InChI=1S/C18H14F6N2O3/c1-3-28-16(27)15-7-5-12(29-15)9-26(10-17(19,20)21)11-4-6-14(25-2)13(8-11)18(22,23)24/h4-8H,3,9-10H2,1H3. The second-order valence-corrected chi connectivity index (χ2v) is 5.77. The van der Waals surface area contributed by atoms with Gasteiger partial charge in [-0.2, -0.15) is 26.3 Å². The van der Waals surface area contributed by atoms with Crippen LogP contribution in [0.4, 0.5) is 37.7 Å². The summed E-state index contributed by atoms with van der Waals surface area (Å²) in [5, 5.41) is 0. The molecule has 156 valence electrons. The predicted molar refractivity (Wildman–Crippen MR) is 89.5 cm³/mol. The number of furan rings is 1. The van der Waals surface area contributed by atoms with Gasteiger partial charge in [-0.1, -0.05) is 6.07 Å². The Labute approximate surface area is 161 Å². The monoisotopic (exact) mass is 420 g/mol. The number of hydrogen-bond donors (Lipinski definition) is 0. The molecule has 0 spiro atoms. The zero-order valence-electron chi connectivity index (χ0n) is 14.9. The van der Waals surface area contributed by atoms with Gasteiger partial charge in [0.1, 0.15) is 12.3 Å². The number of nitrogens with zero attached hydrogens (tertiary/aromatic N) is 2. The molecule has 1 heterocycles. The topological polar surface area (TPSA) is 47.0 Å². The minimum atomic E-state index is -4.92. The maximum atomic E-state index is 13.2. The first-order chi connectivity index (χ1) is 13.4. The van der Waals surface area contributed by atoms with E-state index in [1.165, 1.54) is 12.1 Å². The Hall–Kier alpha value is -3.16. The summed E-state index contributed by atoms with van der Waals surface area (Å²) >= 11 is 0. The molecular weight excluding hydrogens is 406 g/mol. The number of rotatable bonds is 6. The third kappa shape index (κ3) is 5.91. The van der Waals surface area contributed by atoms with Gasteiger partial charge in [0.05, 0.1) is 25.3 Å². The van der Waals surface area contributed by atoms with E-state index in [9.17, 15) is 31.1 Å². The van der Waals surface area contributed by atoms with Crippen molar-refractivity contribution < 1.29 is 40.3 Å². The quantitative estimate of drug-likeness (QED) is 0.347. The van der Waals surface area contributed by atoms with Crippen molar-refractivity contribution in [3.63, 3.8) is 0 Å². The molecule has 0 N–H and O–H groups in total. The van der Waals surface area contributed by atoms with Gasteiger partial charge in [0.2, 0.25) is 5.76 Å². The van der Waals surface area contributed by atoms with E-state index in [1.54, 1.807) is 6.92 Å². The summed E-state index contributed by atoms with van der Waals surface area (Å²) in [6.45, 7) is 6.29. The average molecular weight is 420 g/mol. The highest BCUT2D eigenvalue weighted by molar-refractivity contribution is 5.86. The summed E-state index contributed by atoms with van der Waals surface area (Å²) in [6.07, 6.45) is -9.64. The van der Waals surface area contributed by atoms with Crippen LogP contribution in [0.1, 0.15) is 28.8 Å². The van der Waals surface area contributed by atoms with E-state index in [-0.39, 0.29) is 18.1 Å². The number of carbonyl (C=O) groups excluding carboxylic acids is 1. The van der Waals surface area contributed by atoms with Gasteiger partial charge in [-0.25, -0.2) is 9.64 Å². The second-order valence-electron chi connectivity index (χ2n) is 5.77. The van der Waals surface area contributed by atoms with Gasteiger partial charge < -0.3 is 14.1 Å². The number of esters is 1. The van der Waals surface area contributed by atoms with Crippen LogP contribution in [0.25, 0.3) is 4.85 Å². The molecule has 0 bridgehead atoms. The Kier molecular flexibility index (Phi) is 6.46. The zero-order valence-corrected chi connectivity index (χ0v) is 14.9. The molecule has 11 heteroatoms. The second kappa shape index (κ2) is 8.46. The summed E-state index contributed by atoms with van der Waals surface area (Å²) in [6, 6.07) is 4.70. The minimum Gasteiger partial charge on any atom is -0.460 e. The molecule has 1 aromatic carbocycles. The minimum absolute atomic E-state index is 0.0582. The number of alkyl halides is 6. The van der Waals surface area contributed by atoms with Crippen molar-refractivity contribution in [2.24, 2.45) is 0 Å². The van der Waals surface area contributed by atoms with Crippen LogP contribution < -0.4 is 4.90 Å². The lowest BCUT2D eigenvalue weighted by Crippen LogP contribution is -2.34. The van der Waals surface area contributed by atoms with Crippen LogP contribution in [0.2, 0.25) is 0 Å². The summed E-state index contributed by atoms with van der Waals surface area (Å²) in [5.41, 5.74) is -2.48. The van der Waals surface area contributed by atoms with Crippen molar-refractivity contribution in [1.82, 2.24) is 0 Å². The van der Waals surface area contributed by atoms with Crippen LogP contribution >= 0.6 is 0 Å². The van der Waals surface area contributed by atoms with Gasteiger partial charge in [-0.05, 0) is 31.2 Å². The Morgan fingerprint density at radius 2 is 1.86 bits per heavy atom. The molecule has 0 aliphatic heterocycles. The van der Waals surface area contributed by atoms with Gasteiger partial charge in [-0.15, -0.1) is 0 Å². The molecule has 0 radical (unpaired) electrons. The maximum Gasteiger partial charge on any atom is 0.407 e. The first kappa shape index (κ1) is 22.1. The lowest BCUT2D eigenvalue weighted by Gasteiger charge is -2.26. The van der Waals surface area contributed by atoms with Crippen LogP contribution in [0, 0.1) is 6.57 Å². The fraction of sp³-hybridized carbons (Fsp3) is 0.333. The first-order valence-corrected chi connectivity index (χ1v) is 8.11. The van der Waals surface area contributed by atoms with E-state index in [1.807, 2.05) is 0 Å². The fourth-order valence-electron chi connectivity index (χ4n) is 2.46. The largest absolute Gasteiger partial charge is 0.460 e. The Morgan fingerprint density at radius 1 is 1.17 bits per heavy atom. The SMILES string of the molecule is [C-]#[N+]c1ccc(N(Cc2ccc(C(=O)OCC)o2)CC(F)(F)F)cc1C(F)(F)F. The molecule has 2 aromatic rings. The summed E-state index contributed by atoms with van der Waals surface area (Å²) < 4.78 is 88.3. The van der Waals surface area contributed by atoms with E-state index in [0.717, 1.165) is 12.1 Å². The third-order valence-corrected chi connectivity index (χ3v) is 3.63. The average Bonchev–Trinajstić information content (AvgIpc) is 3.07. The molecule has 0 aliphatic carbocycles. The Bertz CT molecular complexity index is 912. The molecule has 5 nitrogen and oxygen atoms in total. The van der Waals surface area contributed by atoms with E-state index < -0.39 is 48.3 Å². The van der Waals surface area contributed by atoms with Crippen molar-refractivity contribution in [3.8, 4) is 0 Å². The zero-order chi connectivity index (χ0) is 21.8. The maximum absolute atomic E-state index is 13.2. The molecule has 2 rings (SSSR count). The Balaban J connectivity index is 2.39. The molecule has 0 saturated heterocycles. The number of anilines is 1. The molecular formula is C18H14F6N2O3. The van der Waals surface area contributed by atoms with Crippen molar-refractivity contribution in [1.29, 1.82) is 0 Å². The molecule has 0 unspecified atom stereocenters. The van der Waals surface area contributed by atoms with Crippen LogP contribution in [0.5, 0.6) is 0 Å². The van der Waals surface area contributed by atoms with Gasteiger partial charge in [-0.3, -0.25) is 0 Å². The highest BCUT2D eigenvalue weighted by Crippen LogP contribution is 2.39. The highest BCUT2D eigenvalue weighted by Gasteiger charge is 2.36. The first-order valence-electron chi connectivity index (χ1n) is 8.11. The summed E-state index contributed by atoms with van der Waals surface area (Å²) in [5.74, 6) is -1.14. The van der Waals surface area contributed by atoms with Gasteiger partial charge in [0.25, 0.3) is 0 Å². The normalized spacial score (nSPS) is 11.8. The smallest absolute Gasteiger partial charge is 0.407 e. The summed E-state index contributed by atoms with van der Waals surface area (Å²) in [4.78, 5) is 15.0. The van der Waals surface area contributed by atoms with Gasteiger partial charge in [0, 0.05) is 5.69 Å². The van der Waals surface area contributed by atoms with E-state index >= 15 is 0 Å². The molecule has 1 aromatic heterocycles. The van der Waals surface area contributed by atoms with Crippen LogP contribution in [0.15, 0.2) is 34.7 Å². The molecule has 0 atom stereocenters. The number of benzene rings is 1. The summed E-state index contributed by atoms with van der Waals surface area (Å²) in [7, 11) is 0. The van der Waals surface area contributed by atoms with E-state index in [2.05, 4.69) is 4.85 Å². The number of carbonyl (C=O) groups is 1. The van der Waals surface area contributed by atoms with Crippen molar-refractivity contribution >= 4 is 17.3 Å². The van der Waals surface area contributed by atoms with Crippen LogP contribution in [-0.2, 0) is 17.5 Å². The van der Waals surface area contributed by atoms with Gasteiger partial charge in [0.15, 0.2) is 5.69 Å². The molecule has 0 amide bonds.